The van der Waals surface area contributed by atoms with Gasteiger partial charge in [-0.25, -0.2) is 0 Å². The zero-order valence-electron chi connectivity index (χ0n) is 10.8. The van der Waals surface area contributed by atoms with E-state index in [4.69, 9.17) is 5.11 Å². The molecule has 0 unspecified atom stereocenters. The van der Waals surface area contributed by atoms with Gasteiger partial charge in [0.25, 0.3) is 5.91 Å². The van der Waals surface area contributed by atoms with Crippen LogP contribution in [0.1, 0.15) is 36.5 Å². The minimum absolute atomic E-state index is 0.0107. The third-order valence-corrected chi connectivity index (χ3v) is 2.68. The van der Waals surface area contributed by atoms with E-state index in [9.17, 15) is 4.79 Å². The highest BCUT2D eigenvalue weighted by molar-refractivity contribution is 5.92. The van der Waals surface area contributed by atoms with Crippen molar-refractivity contribution in [2.45, 2.75) is 33.7 Å². The molecular formula is C12H21N3O2. The second-order valence-electron chi connectivity index (χ2n) is 3.95. The number of aromatic nitrogens is 2. The second kappa shape index (κ2) is 6.39. The minimum atomic E-state index is -0.0107. The molecule has 0 radical (unpaired) electrons. The molecule has 0 spiro atoms. The van der Waals surface area contributed by atoms with Crippen LogP contribution in [0.4, 0.5) is 0 Å². The molecule has 1 aromatic heterocycles. The van der Waals surface area contributed by atoms with E-state index in [2.05, 4.69) is 5.10 Å². The van der Waals surface area contributed by atoms with E-state index in [1.807, 2.05) is 26.8 Å². The summed E-state index contributed by atoms with van der Waals surface area (Å²) >= 11 is 0. The van der Waals surface area contributed by atoms with Gasteiger partial charge in [0.05, 0.1) is 5.69 Å². The third-order valence-electron chi connectivity index (χ3n) is 2.68. The highest BCUT2D eigenvalue weighted by atomic mass is 16.3. The van der Waals surface area contributed by atoms with Crippen LogP contribution in [0.2, 0.25) is 0 Å². The molecule has 1 N–H and O–H groups in total. The SMILES string of the molecule is CCN(CCCO)C(=O)c1cc(C)nn1CC. The molecule has 1 amide bonds. The Bertz CT molecular complexity index is 374. The smallest absolute Gasteiger partial charge is 0.272 e. The number of aliphatic hydroxyl groups excluding tert-OH is 1. The van der Waals surface area contributed by atoms with Gasteiger partial charge in [0.2, 0.25) is 0 Å². The Balaban J connectivity index is 2.85. The third kappa shape index (κ3) is 3.30. The minimum Gasteiger partial charge on any atom is -0.396 e. The van der Waals surface area contributed by atoms with Crippen molar-refractivity contribution in [3.05, 3.63) is 17.5 Å². The van der Waals surface area contributed by atoms with Crippen molar-refractivity contribution in [3.8, 4) is 0 Å². The molecule has 0 saturated heterocycles. The van der Waals surface area contributed by atoms with E-state index < -0.39 is 0 Å². The van der Waals surface area contributed by atoms with E-state index in [-0.39, 0.29) is 12.5 Å². The Morgan fingerprint density at radius 3 is 2.76 bits per heavy atom. The summed E-state index contributed by atoms with van der Waals surface area (Å²) in [5, 5.41) is 13.1. The molecule has 96 valence electrons. The van der Waals surface area contributed by atoms with Gasteiger partial charge in [-0.15, -0.1) is 0 Å². The lowest BCUT2D eigenvalue weighted by atomic mass is 10.3. The summed E-state index contributed by atoms with van der Waals surface area (Å²) in [5.74, 6) is -0.0107. The van der Waals surface area contributed by atoms with E-state index in [0.717, 1.165) is 5.69 Å². The largest absolute Gasteiger partial charge is 0.396 e. The number of carbonyl (C=O) groups is 1. The van der Waals surface area contributed by atoms with Gasteiger partial charge in [-0.1, -0.05) is 0 Å². The van der Waals surface area contributed by atoms with Gasteiger partial charge in [-0.2, -0.15) is 5.10 Å². The summed E-state index contributed by atoms with van der Waals surface area (Å²) < 4.78 is 1.72. The highest BCUT2D eigenvalue weighted by Crippen LogP contribution is 2.08. The Kier molecular flexibility index (Phi) is 5.15. The maximum atomic E-state index is 12.3. The van der Waals surface area contributed by atoms with Crippen LogP contribution in [0.5, 0.6) is 0 Å². The molecule has 1 rings (SSSR count). The summed E-state index contributed by atoms with van der Waals surface area (Å²) in [5.41, 5.74) is 1.48. The number of aliphatic hydroxyl groups is 1. The molecule has 0 aliphatic heterocycles. The first-order valence-corrected chi connectivity index (χ1v) is 6.08. The highest BCUT2D eigenvalue weighted by Gasteiger charge is 2.18. The first kappa shape index (κ1) is 13.7. The number of rotatable bonds is 6. The van der Waals surface area contributed by atoms with Gasteiger partial charge in [-0.05, 0) is 33.3 Å². The van der Waals surface area contributed by atoms with Crippen LogP contribution in [0.15, 0.2) is 6.07 Å². The lowest BCUT2D eigenvalue weighted by Crippen LogP contribution is -2.33. The molecule has 0 aliphatic rings. The Hall–Kier alpha value is -1.36. The molecule has 1 aromatic rings. The number of aryl methyl sites for hydroxylation is 2. The van der Waals surface area contributed by atoms with Crippen LogP contribution < -0.4 is 0 Å². The first-order valence-electron chi connectivity index (χ1n) is 6.08. The standard InChI is InChI=1S/C12H21N3O2/c1-4-14(7-6-8-16)12(17)11-9-10(3)13-15(11)5-2/h9,16H,4-8H2,1-3H3. The molecule has 1 heterocycles. The van der Waals surface area contributed by atoms with E-state index in [0.29, 0.717) is 31.7 Å². The maximum absolute atomic E-state index is 12.3. The number of hydrogen-bond acceptors (Lipinski definition) is 3. The van der Waals surface area contributed by atoms with Crippen LogP contribution in [0.25, 0.3) is 0 Å². The van der Waals surface area contributed by atoms with E-state index >= 15 is 0 Å². The quantitative estimate of drug-likeness (QED) is 0.807. The molecule has 0 bridgehead atoms. The van der Waals surface area contributed by atoms with Crippen molar-refractivity contribution < 1.29 is 9.90 Å². The first-order chi connectivity index (χ1) is 8.13. The number of amides is 1. The van der Waals surface area contributed by atoms with Crippen LogP contribution in [-0.2, 0) is 6.54 Å². The monoisotopic (exact) mass is 239 g/mol. The van der Waals surface area contributed by atoms with E-state index in [1.165, 1.54) is 0 Å². The Labute approximate surface area is 102 Å². The van der Waals surface area contributed by atoms with Crippen molar-refractivity contribution >= 4 is 5.91 Å². The summed E-state index contributed by atoms with van der Waals surface area (Å²) in [6.45, 7) is 7.81. The summed E-state index contributed by atoms with van der Waals surface area (Å²) in [4.78, 5) is 14.0. The molecule has 0 aliphatic carbocycles. The summed E-state index contributed by atoms with van der Waals surface area (Å²) in [7, 11) is 0. The maximum Gasteiger partial charge on any atom is 0.272 e. The number of nitrogens with zero attached hydrogens (tertiary/aromatic N) is 3. The lowest BCUT2D eigenvalue weighted by Gasteiger charge is -2.20. The molecule has 0 aromatic carbocycles. The van der Waals surface area contributed by atoms with Crippen LogP contribution in [0.3, 0.4) is 0 Å². The fraction of sp³-hybridized carbons (Fsp3) is 0.667. The van der Waals surface area contributed by atoms with Crippen molar-refractivity contribution in [1.82, 2.24) is 14.7 Å². The predicted molar refractivity (Wildman–Crippen MR) is 65.9 cm³/mol. The average Bonchev–Trinajstić information content (AvgIpc) is 2.71. The molecule has 0 atom stereocenters. The second-order valence-corrected chi connectivity index (χ2v) is 3.95. The Morgan fingerprint density at radius 1 is 1.53 bits per heavy atom. The summed E-state index contributed by atoms with van der Waals surface area (Å²) in [6, 6.07) is 1.81. The zero-order chi connectivity index (χ0) is 12.8. The van der Waals surface area contributed by atoms with E-state index in [1.54, 1.807) is 9.58 Å². The average molecular weight is 239 g/mol. The molecule has 5 nitrogen and oxygen atoms in total. The molecular weight excluding hydrogens is 218 g/mol. The van der Waals surface area contributed by atoms with Gasteiger partial charge in [-0.3, -0.25) is 9.48 Å². The van der Waals surface area contributed by atoms with Gasteiger partial charge in [0, 0.05) is 26.2 Å². The molecule has 0 fully saturated rings. The van der Waals surface area contributed by atoms with Crippen molar-refractivity contribution in [3.63, 3.8) is 0 Å². The topological polar surface area (TPSA) is 58.4 Å². The van der Waals surface area contributed by atoms with Crippen molar-refractivity contribution in [1.29, 1.82) is 0 Å². The van der Waals surface area contributed by atoms with Crippen LogP contribution in [-0.4, -0.2) is 45.4 Å². The van der Waals surface area contributed by atoms with Crippen molar-refractivity contribution in [2.75, 3.05) is 19.7 Å². The van der Waals surface area contributed by atoms with Gasteiger partial charge in [0.1, 0.15) is 5.69 Å². The van der Waals surface area contributed by atoms with Crippen molar-refractivity contribution in [2.24, 2.45) is 0 Å². The van der Waals surface area contributed by atoms with Gasteiger partial charge < -0.3 is 10.0 Å². The molecule has 17 heavy (non-hydrogen) atoms. The number of hydrogen-bond donors (Lipinski definition) is 1. The number of carbonyl (C=O) groups excluding carboxylic acids is 1. The lowest BCUT2D eigenvalue weighted by molar-refractivity contribution is 0.0742. The van der Waals surface area contributed by atoms with Gasteiger partial charge >= 0.3 is 0 Å². The Morgan fingerprint density at radius 2 is 2.24 bits per heavy atom. The van der Waals surface area contributed by atoms with Crippen LogP contribution in [0, 0.1) is 6.92 Å². The summed E-state index contributed by atoms with van der Waals surface area (Å²) in [6.07, 6.45) is 0.610. The normalized spacial score (nSPS) is 10.6. The fourth-order valence-corrected chi connectivity index (χ4v) is 1.79. The molecule has 0 saturated carbocycles. The van der Waals surface area contributed by atoms with Gasteiger partial charge in [0.15, 0.2) is 0 Å². The fourth-order valence-electron chi connectivity index (χ4n) is 1.79. The van der Waals surface area contributed by atoms with Crippen LogP contribution >= 0.6 is 0 Å². The zero-order valence-corrected chi connectivity index (χ0v) is 10.8. The molecule has 5 heteroatoms. The predicted octanol–water partition coefficient (Wildman–Crippen LogP) is 1.06.